The van der Waals surface area contributed by atoms with Crippen LogP contribution in [0, 0.1) is 0 Å². The third-order valence-corrected chi connectivity index (χ3v) is 4.27. The topological polar surface area (TPSA) is 58.6 Å². The van der Waals surface area contributed by atoms with Crippen molar-refractivity contribution in [2.45, 2.75) is 38.6 Å². The van der Waals surface area contributed by atoms with Gasteiger partial charge in [0.1, 0.15) is 0 Å². The second-order valence-electron chi connectivity index (χ2n) is 5.68. The Bertz CT molecular complexity index is 542. The first-order valence-corrected chi connectivity index (χ1v) is 8.46. The molecule has 1 aliphatic heterocycles. The summed E-state index contributed by atoms with van der Waals surface area (Å²) in [7, 11) is 0. The molecule has 0 radical (unpaired) electrons. The molecule has 1 aliphatic rings. The van der Waals surface area contributed by atoms with Gasteiger partial charge in [-0.3, -0.25) is 4.79 Å². The average Bonchev–Trinajstić information content (AvgIpc) is 2.56. The Kier molecular flexibility index (Phi) is 6.71. The molecule has 0 unspecified atom stereocenters. The van der Waals surface area contributed by atoms with Crippen LogP contribution in [0.3, 0.4) is 0 Å². The lowest BCUT2D eigenvalue weighted by Gasteiger charge is -2.32. The predicted octanol–water partition coefficient (Wildman–Crippen LogP) is 3.47. The Morgan fingerprint density at radius 3 is 2.65 bits per heavy atom. The van der Waals surface area contributed by atoms with Gasteiger partial charge in [0.15, 0.2) is 0 Å². The zero-order chi connectivity index (χ0) is 16.7. The summed E-state index contributed by atoms with van der Waals surface area (Å²) in [6.07, 6.45) is 2.95. The van der Waals surface area contributed by atoms with Gasteiger partial charge in [-0.2, -0.15) is 0 Å². The van der Waals surface area contributed by atoms with Gasteiger partial charge in [0, 0.05) is 19.1 Å². The van der Waals surface area contributed by atoms with Crippen LogP contribution in [-0.4, -0.2) is 42.6 Å². The maximum atomic E-state index is 12.5. The molecule has 2 amide bonds. The maximum Gasteiger partial charge on any atom is 0.407 e. The predicted molar refractivity (Wildman–Crippen MR) is 89.8 cm³/mol. The minimum atomic E-state index is -0.366. The van der Waals surface area contributed by atoms with Crippen molar-refractivity contribution in [2.75, 3.05) is 19.7 Å². The smallest absolute Gasteiger partial charge is 0.407 e. The Labute approximate surface area is 141 Å². The van der Waals surface area contributed by atoms with Crippen molar-refractivity contribution in [3.63, 3.8) is 0 Å². The summed E-state index contributed by atoms with van der Waals surface area (Å²) < 4.78 is 5.10. The summed E-state index contributed by atoms with van der Waals surface area (Å²) in [6, 6.07) is 7.12. The Morgan fingerprint density at radius 1 is 1.30 bits per heavy atom. The Hall–Kier alpha value is -1.75. The summed E-state index contributed by atoms with van der Waals surface area (Å²) in [4.78, 5) is 25.9. The first-order valence-electron chi connectivity index (χ1n) is 8.09. The molecule has 2 rings (SSSR count). The highest BCUT2D eigenvalue weighted by Gasteiger charge is 2.25. The number of likely N-dealkylation sites (tertiary alicyclic amines) is 1. The molecular formula is C17H23ClN2O3. The van der Waals surface area contributed by atoms with Gasteiger partial charge in [-0.1, -0.05) is 37.1 Å². The average molecular weight is 339 g/mol. The largest absolute Gasteiger partial charge is 0.450 e. The number of rotatable bonds is 5. The number of carbonyl (C=O) groups excluding carboxylic acids is 2. The third-order valence-electron chi connectivity index (χ3n) is 3.94. The number of halogens is 1. The van der Waals surface area contributed by atoms with E-state index in [-0.39, 0.29) is 18.0 Å². The van der Waals surface area contributed by atoms with Crippen LogP contribution in [0.4, 0.5) is 4.79 Å². The van der Waals surface area contributed by atoms with Gasteiger partial charge in [-0.15, -0.1) is 0 Å². The summed E-state index contributed by atoms with van der Waals surface area (Å²) in [5, 5.41) is 3.33. The van der Waals surface area contributed by atoms with E-state index in [0.29, 0.717) is 30.3 Å². The van der Waals surface area contributed by atoms with Gasteiger partial charge >= 0.3 is 6.09 Å². The first-order chi connectivity index (χ1) is 11.1. The molecule has 5 nitrogen and oxygen atoms in total. The Morgan fingerprint density at radius 2 is 2.00 bits per heavy atom. The third kappa shape index (κ3) is 5.13. The molecule has 1 N–H and O–H groups in total. The van der Waals surface area contributed by atoms with Crippen LogP contribution in [0.15, 0.2) is 24.3 Å². The van der Waals surface area contributed by atoms with E-state index >= 15 is 0 Å². The summed E-state index contributed by atoms with van der Waals surface area (Å²) in [6.45, 7) is 3.70. The highest BCUT2D eigenvalue weighted by molar-refractivity contribution is 6.33. The molecule has 6 heteroatoms. The standard InChI is InChI=1S/C17H23ClN2O3/c1-2-3-12-23-17(22)19-13-8-10-20(11-9-13)16(21)14-6-4-5-7-15(14)18/h4-7,13H,2-3,8-12H2,1H3,(H,19,22). The van der Waals surface area contributed by atoms with Crippen molar-refractivity contribution in [3.05, 3.63) is 34.9 Å². The zero-order valence-electron chi connectivity index (χ0n) is 13.4. The number of unbranched alkanes of at least 4 members (excludes halogenated alkanes) is 1. The number of hydrogen-bond acceptors (Lipinski definition) is 3. The van der Waals surface area contributed by atoms with Gasteiger partial charge in [-0.05, 0) is 31.4 Å². The zero-order valence-corrected chi connectivity index (χ0v) is 14.1. The molecule has 1 aromatic rings. The number of hydrogen-bond donors (Lipinski definition) is 1. The number of amides is 2. The minimum Gasteiger partial charge on any atom is -0.450 e. The van der Waals surface area contributed by atoms with E-state index in [1.807, 2.05) is 6.92 Å². The molecule has 0 spiro atoms. The van der Waals surface area contributed by atoms with Crippen molar-refractivity contribution in [2.24, 2.45) is 0 Å². The van der Waals surface area contributed by atoms with Gasteiger partial charge in [0.05, 0.1) is 17.2 Å². The van der Waals surface area contributed by atoms with Gasteiger partial charge in [0.2, 0.25) is 0 Å². The van der Waals surface area contributed by atoms with Crippen molar-refractivity contribution in [3.8, 4) is 0 Å². The van der Waals surface area contributed by atoms with Crippen molar-refractivity contribution in [1.29, 1.82) is 0 Å². The van der Waals surface area contributed by atoms with E-state index in [1.54, 1.807) is 29.2 Å². The van der Waals surface area contributed by atoms with E-state index in [4.69, 9.17) is 16.3 Å². The van der Waals surface area contributed by atoms with Crippen LogP contribution in [-0.2, 0) is 4.74 Å². The first kappa shape index (κ1) is 17.6. The lowest BCUT2D eigenvalue weighted by atomic mass is 10.0. The van der Waals surface area contributed by atoms with Gasteiger partial charge < -0.3 is 15.0 Å². The maximum absolute atomic E-state index is 12.5. The SMILES string of the molecule is CCCCOC(=O)NC1CCN(C(=O)c2ccccc2Cl)CC1. The fourth-order valence-electron chi connectivity index (χ4n) is 2.55. The molecule has 0 aromatic heterocycles. The lowest BCUT2D eigenvalue weighted by Crippen LogP contribution is -2.46. The molecule has 1 heterocycles. The normalized spacial score (nSPS) is 15.3. The number of benzene rings is 1. The molecule has 0 bridgehead atoms. The van der Waals surface area contributed by atoms with E-state index in [0.717, 1.165) is 25.7 Å². The molecule has 126 valence electrons. The van der Waals surface area contributed by atoms with Crippen molar-refractivity contribution in [1.82, 2.24) is 10.2 Å². The number of piperidine rings is 1. The summed E-state index contributed by atoms with van der Waals surface area (Å²) in [5.41, 5.74) is 0.527. The van der Waals surface area contributed by atoms with Crippen LogP contribution in [0.25, 0.3) is 0 Å². The van der Waals surface area contributed by atoms with Gasteiger partial charge in [-0.25, -0.2) is 4.79 Å². The number of nitrogens with zero attached hydrogens (tertiary/aromatic N) is 1. The monoisotopic (exact) mass is 338 g/mol. The van der Waals surface area contributed by atoms with Crippen molar-refractivity contribution < 1.29 is 14.3 Å². The second-order valence-corrected chi connectivity index (χ2v) is 6.09. The van der Waals surface area contributed by atoms with E-state index in [2.05, 4.69) is 5.32 Å². The number of alkyl carbamates (subject to hydrolysis) is 1. The van der Waals surface area contributed by atoms with Crippen LogP contribution >= 0.6 is 11.6 Å². The van der Waals surface area contributed by atoms with Crippen molar-refractivity contribution >= 4 is 23.6 Å². The van der Waals surface area contributed by atoms with Crippen LogP contribution in [0.5, 0.6) is 0 Å². The van der Waals surface area contributed by atoms with E-state index in [9.17, 15) is 9.59 Å². The molecule has 0 saturated carbocycles. The molecule has 0 atom stereocenters. The van der Waals surface area contributed by atoms with E-state index in [1.165, 1.54) is 0 Å². The van der Waals surface area contributed by atoms with Crippen LogP contribution < -0.4 is 5.32 Å². The van der Waals surface area contributed by atoms with Crippen LogP contribution in [0.2, 0.25) is 5.02 Å². The van der Waals surface area contributed by atoms with Crippen LogP contribution in [0.1, 0.15) is 43.0 Å². The quantitative estimate of drug-likeness (QED) is 0.836. The molecule has 1 aromatic carbocycles. The highest BCUT2D eigenvalue weighted by atomic mass is 35.5. The Balaban J connectivity index is 1.79. The molecule has 1 saturated heterocycles. The fourth-order valence-corrected chi connectivity index (χ4v) is 2.77. The molecule has 23 heavy (non-hydrogen) atoms. The minimum absolute atomic E-state index is 0.0550. The van der Waals surface area contributed by atoms with E-state index < -0.39 is 0 Å². The summed E-state index contributed by atoms with van der Waals surface area (Å²) in [5.74, 6) is -0.0560. The summed E-state index contributed by atoms with van der Waals surface area (Å²) >= 11 is 6.08. The number of nitrogens with one attached hydrogen (secondary N) is 1. The molecule has 0 aliphatic carbocycles. The van der Waals surface area contributed by atoms with Gasteiger partial charge in [0.25, 0.3) is 5.91 Å². The highest BCUT2D eigenvalue weighted by Crippen LogP contribution is 2.20. The molecule has 1 fully saturated rings. The fraction of sp³-hybridized carbons (Fsp3) is 0.529. The lowest BCUT2D eigenvalue weighted by molar-refractivity contribution is 0.0702. The number of ether oxygens (including phenoxy) is 1. The molecular weight excluding hydrogens is 316 g/mol. The second kappa shape index (κ2) is 8.77. The number of carbonyl (C=O) groups is 2.